The quantitative estimate of drug-likeness (QED) is 0.142. The Labute approximate surface area is 403 Å². The van der Waals surface area contributed by atoms with Crippen molar-refractivity contribution in [2.24, 2.45) is 14.1 Å². The van der Waals surface area contributed by atoms with Gasteiger partial charge in [-0.2, -0.15) is 0 Å². The zero-order chi connectivity index (χ0) is 43.8. The van der Waals surface area contributed by atoms with Gasteiger partial charge in [0.15, 0.2) is 0 Å². The molecule has 4 aromatic carbocycles. The Kier molecular flexibility index (Phi) is 16.9. The van der Waals surface area contributed by atoms with Crippen molar-refractivity contribution in [1.82, 2.24) is 39.5 Å². The van der Waals surface area contributed by atoms with Crippen molar-refractivity contribution < 1.29 is 0 Å². The van der Waals surface area contributed by atoms with Crippen LogP contribution in [0, 0.1) is 0 Å². The molecular formula is C52H70Cl2N12. The third-order valence-electron chi connectivity index (χ3n) is 13.6. The molecule has 352 valence electrons. The van der Waals surface area contributed by atoms with E-state index in [2.05, 4.69) is 197 Å². The number of halogens is 2. The van der Waals surface area contributed by atoms with Crippen LogP contribution in [0.15, 0.2) is 122 Å². The fourth-order valence-electron chi connectivity index (χ4n) is 9.72. The van der Waals surface area contributed by atoms with Crippen LogP contribution in [0.4, 0.5) is 22.7 Å². The summed E-state index contributed by atoms with van der Waals surface area (Å²) in [5.74, 6) is 0. The number of H-pyrrole nitrogens is 2. The average molecular weight is 934 g/mol. The Hall–Kier alpha value is -5.34. The smallest absolute Gasteiger partial charge is 0.0498 e. The lowest BCUT2D eigenvalue weighted by atomic mass is 10.2. The third-order valence-corrected chi connectivity index (χ3v) is 13.6. The molecule has 4 N–H and O–H groups in total. The number of anilines is 4. The first kappa shape index (κ1) is 48.6. The number of aromatic amines is 2. The maximum absolute atomic E-state index is 3.39. The third kappa shape index (κ3) is 11.1. The Balaban J connectivity index is 0.000000130. The Bertz CT molecular complexity index is 2710. The summed E-state index contributed by atoms with van der Waals surface area (Å²) < 4.78 is 4.37. The van der Waals surface area contributed by atoms with E-state index < -0.39 is 0 Å². The van der Waals surface area contributed by atoms with Crippen molar-refractivity contribution in [1.29, 1.82) is 0 Å². The van der Waals surface area contributed by atoms with Crippen molar-refractivity contribution in [3.63, 3.8) is 0 Å². The van der Waals surface area contributed by atoms with Crippen LogP contribution >= 0.6 is 24.8 Å². The zero-order valence-corrected chi connectivity index (χ0v) is 40.9. The summed E-state index contributed by atoms with van der Waals surface area (Å²) in [6.45, 7) is 17.9. The lowest BCUT2D eigenvalue weighted by Gasteiger charge is -2.34. The molecule has 14 heteroatoms. The molecule has 0 radical (unpaired) electrons. The van der Waals surface area contributed by atoms with E-state index in [1.165, 1.54) is 66.4 Å². The zero-order valence-electron chi connectivity index (χ0n) is 39.3. The standard InChI is InChI=1S/C14H19N3.2C13H17N3.C12H15N3.2ClH/c1-15-8-10-17(11-9-15)14-5-3-4-13-12(14)6-7-16(13)2;1-15-8-5-11-12(15)3-2-4-13(11)16-9-6-14-7-10-16;1-15-7-9-16(10-8-15)13-4-2-3-12-11(13)5-6-14-12;1-2-11-10(4-5-14-11)12(3-1)15-8-6-13-7-9-15;;/h3-7H,8-11H2,1-2H3;2-5,8,14H,6-7,9-10H2,1H3;2-6,14H,7-10H2,1H3;1-5,13-14H,6-9H2;2*1H. The van der Waals surface area contributed by atoms with Gasteiger partial charge in [-0.05, 0) is 86.9 Å². The van der Waals surface area contributed by atoms with Gasteiger partial charge in [0.05, 0.1) is 0 Å². The molecule has 4 fully saturated rings. The summed E-state index contributed by atoms with van der Waals surface area (Å²) >= 11 is 0. The highest BCUT2D eigenvalue weighted by molar-refractivity contribution is 5.95. The molecule has 4 aromatic heterocycles. The highest BCUT2D eigenvalue weighted by Crippen LogP contribution is 2.30. The molecule has 0 spiro atoms. The first-order chi connectivity index (χ1) is 31.4. The molecule has 12 nitrogen and oxygen atoms in total. The SMILES string of the molecule is CN1CCN(c2cccc3[nH]ccc23)CC1.CN1CCN(c2cccc3c2ccn3C)CC1.Cl.Cl.Cn1ccc2c(N3CCNCC3)cccc21.c1cc(N2CCNCC2)c2cc[nH]c2c1. The van der Waals surface area contributed by atoms with E-state index in [4.69, 9.17) is 0 Å². The number of aromatic nitrogens is 4. The summed E-state index contributed by atoms with van der Waals surface area (Å²) in [6, 6.07) is 34.9. The molecule has 0 unspecified atom stereocenters. The molecule has 0 aliphatic carbocycles. The summed E-state index contributed by atoms with van der Waals surface area (Å²) in [6.07, 6.45) is 8.31. The molecule has 0 amide bonds. The first-order valence-electron chi connectivity index (χ1n) is 23.4. The minimum Gasteiger partial charge on any atom is -0.368 e. The van der Waals surface area contributed by atoms with Crippen molar-refractivity contribution in [2.75, 3.05) is 138 Å². The minimum absolute atomic E-state index is 0. The largest absolute Gasteiger partial charge is 0.368 e. The Morgan fingerprint density at radius 1 is 0.348 bits per heavy atom. The van der Waals surface area contributed by atoms with Crippen molar-refractivity contribution in [2.45, 2.75) is 0 Å². The number of fused-ring (bicyclic) bond motifs is 4. The van der Waals surface area contributed by atoms with Crippen LogP contribution in [-0.2, 0) is 14.1 Å². The molecule has 4 aliphatic heterocycles. The fourth-order valence-corrected chi connectivity index (χ4v) is 9.72. The second-order valence-electron chi connectivity index (χ2n) is 17.8. The molecule has 0 saturated carbocycles. The van der Waals surface area contributed by atoms with Gasteiger partial charge in [0.2, 0.25) is 0 Å². The molecule has 0 atom stereocenters. The highest BCUT2D eigenvalue weighted by Gasteiger charge is 2.19. The van der Waals surface area contributed by atoms with Crippen LogP contribution in [0.25, 0.3) is 43.6 Å². The maximum Gasteiger partial charge on any atom is 0.0498 e. The molecule has 12 rings (SSSR count). The summed E-state index contributed by atoms with van der Waals surface area (Å²) in [5, 5.41) is 12.2. The lowest BCUT2D eigenvalue weighted by molar-refractivity contribution is 0.313. The van der Waals surface area contributed by atoms with Gasteiger partial charge in [-0.3, -0.25) is 0 Å². The molecule has 8 aromatic rings. The number of likely N-dealkylation sites (N-methyl/N-ethyl adjacent to an activating group) is 2. The topological polar surface area (TPSA) is 84.9 Å². The van der Waals surface area contributed by atoms with E-state index in [0.29, 0.717) is 0 Å². The van der Waals surface area contributed by atoms with E-state index in [9.17, 15) is 0 Å². The molecule has 4 aliphatic rings. The summed E-state index contributed by atoms with van der Waals surface area (Å²) in [7, 11) is 8.59. The monoisotopic (exact) mass is 933 g/mol. The average Bonchev–Trinajstić information content (AvgIpc) is 4.18. The van der Waals surface area contributed by atoms with Gasteiger partial charge in [-0.15, -0.1) is 24.8 Å². The predicted molar refractivity (Wildman–Crippen MR) is 287 cm³/mol. The van der Waals surface area contributed by atoms with Gasteiger partial charge < -0.3 is 59.1 Å². The van der Waals surface area contributed by atoms with Gasteiger partial charge in [-0.1, -0.05) is 24.3 Å². The number of nitrogens with one attached hydrogen (secondary N) is 4. The predicted octanol–water partition coefficient (Wildman–Crippen LogP) is 7.86. The van der Waals surface area contributed by atoms with E-state index in [0.717, 1.165) is 105 Å². The number of piperazine rings is 4. The summed E-state index contributed by atoms with van der Waals surface area (Å²) in [4.78, 5) is 21.2. The van der Waals surface area contributed by atoms with E-state index in [-0.39, 0.29) is 24.8 Å². The second-order valence-corrected chi connectivity index (χ2v) is 17.8. The van der Waals surface area contributed by atoms with Crippen molar-refractivity contribution in [3.8, 4) is 0 Å². The number of hydrogen-bond acceptors (Lipinski definition) is 8. The van der Waals surface area contributed by atoms with Crippen molar-refractivity contribution in [3.05, 3.63) is 122 Å². The van der Waals surface area contributed by atoms with Crippen LogP contribution in [-0.4, -0.2) is 148 Å². The van der Waals surface area contributed by atoms with E-state index >= 15 is 0 Å². The fraction of sp³-hybridized carbons (Fsp3) is 0.385. The van der Waals surface area contributed by atoms with Gasteiger partial charge in [0.1, 0.15) is 0 Å². The van der Waals surface area contributed by atoms with E-state index in [1.807, 2.05) is 12.4 Å². The van der Waals surface area contributed by atoms with Crippen LogP contribution in [0.2, 0.25) is 0 Å². The van der Waals surface area contributed by atoms with Crippen molar-refractivity contribution >= 4 is 91.2 Å². The highest BCUT2D eigenvalue weighted by atomic mass is 35.5. The van der Waals surface area contributed by atoms with Gasteiger partial charge in [0.25, 0.3) is 0 Å². The van der Waals surface area contributed by atoms with Crippen LogP contribution in [0.3, 0.4) is 0 Å². The molecule has 8 heterocycles. The number of hydrogen-bond donors (Lipinski definition) is 4. The van der Waals surface area contributed by atoms with Gasteiger partial charge in [-0.25, -0.2) is 0 Å². The number of rotatable bonds is 4. The number of nitrogens with zero attached hydrogens (tertiary/aromatic N) is 8. The molecule has 4 saturated heterocycles. The Morgan fingerprint density at radius 2 is 0.682 bits per heavy atom. The minimum atomic E-state index is 0. The number of benzene rings is 4. The van der Waals surface area contributed by atoms with Gasteiger partial charge >= 0.3 is 0 Å². The summed E-state index contributed by atoms with van der Waals surface area (Å²) in [5.41, 5.74) is 10.6. The molecule has 0 bridgehead atoms. The maximum atomic E-state index is 3.39. The number of aryl methyl sites for hydroxylation is 2. The van der Waals surface area contributed by atoms with E-state index in [1.54, 1.807) is 0 Å². The van der Waals surface area contributed by atoms with Crippen LogP contribution < -0.4 is 30.2 Å². The first-order valence-corrected chi connectivity index (χ1v) is 23.4. The molecular weight excluding hydrogens is 864 g/mol. The normalized spacial score (nSPS) is 17.0. The van der Waals surface area contributed by atoms with Gasteiger partial charge in [0, 0.05) is 210 Å². The lowest BCUT2D eigenvalue weighted by Crippen LogP contribution is -2.44. The molecule has 66 heavy (non-hydrogen) atoms. The van der Waals surface area contributed by atoms with Crippen LogP contribution in [0.5, 0.6) is 0 Å². The van der Waals surface area contributed by atoms with Crippen LogP contribution in [0.1, 0.15) is 0 Å². The Morgan fingerprint density at radius 3 is 1.06 bits per heavy atom. The second kappa shape index (κ2) is 22.9.